The van der Waals surface area contributed by atoms with Crippen molar-refractivity contribution in [1.29, 1.82) is 0 Å². The van der Waals surface area contributed by atoms with Crippen LogP contribution in [-0.4, -0.2) is 71.0 Å². The number of aliphatic hydroxyl groups excluding tert-OH is 4. The van der Waals surface area contributed by atoms with Crippen LogP contribution in [0.2, 0.25) is 0 Å². The van der Waals surface area contributed by atoms with E-state index in [1.165, 1.54) is 24.5 Å². The van der Waals surface area contributed by atoms with Gasteiger partial charge in [-0.15, -0.1) is 0 Å². The molecule has 2 aliphatic rings. The maximum Gasteiger partial charge on any atom is 0.229 e. The van der Waals surface area contributed by atoms with Crippen LogP contribution < -0.4 is 19.6 Å². The lowest BCUT2D eigenvalue weighted by molar-refractivity contribution is -0.277. The van der Waals surface area contributed by atoms with Gasteiger partial charge in [-0.25, -0.2) is 0 Å². The number of hydrogen-bond donors (Lipinski definition) is 4. The molecule has 0 aliphatic carbocycles. The van der Waals surface area contributed by atoms with E-state index >= 15 is 0 Å². The van der Waals surface area contributed by atoms with Crippen LogP contribution in [-0.2, 0) is 4.74 Å². The molecular formula is C23H22O10. The van der Waals surface area contributed by atoms with Crippen molar-refractivity contribution >= 4 is 11.0 Å². The third-order valence-corrected chi connectivity index (χ3v) is 5.70. The zero-order chi connectivity index (χ0) is 23.1. The molecule has 1 aromatic heterocycles. The largest absolute Gasteiger partial charge is 0.486 e. The Kier molecular flexibility index (Phi) is 5.69. The van der Waals surface area contributed by atoms with Crippen molar-refractivity contribution in [2.75, 3.05) is 19.8 Å². The minimum atomic E-state index is -1.56. The van der Waals surface area contributed by atoms with E-state index in [0.717, 1.165) is 0 Å². The van der Waals surface area contributed by atoms with Crippen molar-refractivity contribution in [2.24, 2.45) is 0 Å². The van der Waals surface area contributed by atoms with Crippen LogP contribution in [0.3, 0.4) is 0 Å². The zero-order valence-electron chi connectivity index (χ0n) is 17.3. The van der Waals surface area contributed by atoms with E-state index in [0.29, 0.717) is 41.2 Å². The Morgan fingerprint density at radius 1 is 0.939 bits per heavy atom. The Morgan fingerprint density at radius 3 is 2.52 bits per heavy atom. The molecule has 0 bridgehead atoms. The first-order valence-electron chi connectivity index (χ1n) is 10.4. The molecule has 33 heavy (non-hydrogen) atoms. The van der Waals surface area contributed by atoms with Crippen molar-refractivity contribution in [3.05, 3.63) is 52.9 Å². The molecule has 0 unspecified atom stereocenters. The number of fused-ring (bicyclic) bond motifs is 2. The maximum atomic E-state index is 13.1. The maximum absolute atomic E-state index is 13.1. The van der Waals surface area contributed by atoms with E-state index in [-0.39, 0.29) is 16.8 Å². The summed E-state index contributed by atoms with van der Waals surface area (Å²) >= 11 is 0. The molecule has 5 rings (SSSR count). The van der Waals surface area contributed by atoms with Gasteiger partial charge in [0.1, 0.15) is 55.2 Å². The number of ether oxygens (including phenoxy) is 4. The summed E-state index contributed by atoms with van der Waals surface area (Å²) < 4.78 is 27.7. The molecule has 5 atom stereocenters. The van der Waals surface area contributed by atoms with Crippen molar-refractivity contribution < 1.29 is 43.8 Å². The molecule has 1 fully saturated rings. The summed E-state index contributed by atoms with van der Waals surface area (Å²) in [6.07, 6.45) is -5.70. The van der Waals surface area contributed by atoms with Gasteiger partial charge >= 0.3 is 0 Å². The summed E-state index contributed by atoms with van der Waals surface area (Å²) in [4.78, 5) is 13.1. The standard InChI is InChI=1S/C23H22O10/c24-9-18-20(26)21(27)22(28)23(33-18)32-12-2-3-13-16(8-12)31-10-14(19(13)25)11-1-4-15-17(7-11)30-6-5-29-15/h1-4,7-8,10,18,20-24,26-28H,5-6,9H2/t18-,20+,21-,22+,23-/m1/s1. The lowest BCUT2D eigenvalue weighted by Crippen LogP contribution is -2.60. The minimum Gasteiger partial charge on any atom is -0.486 e. The highest BCUT2D eigenvalue weighted by Crippen LogP contribution is 2.34. The molecule has 0 radical (unpaired) electrons. The quantitative estimate of drug-likeness (QED) is 0.433. The molecular weight excluding hydrogens is 436 g/mol. The van der Waals surface area contributed by atoms with Gasteiger partial charge < -0.3 is 43.8 Å². The summed E-state index contributed by atoms with van der Waals surface area (Å²) in [5, 5.41) is 39.6. The van der Waals surface area contributed by atoms with Crippen molar-refractivity contribution in [3.8, 4) is 28.4 Å². The van der Waals surface area contributed by atoms with Gasteiger partial charge in [0.15, 0.2) is 16.9 Å². The third-order valence-electron chi connectivity index (χ3n) is 5.70. The van der Waals surface area contributed by atoms with Crippen LogP contribution in [0.4, 0.5) is 0 Å². The molecule has 2 aromatic carbocycles. The van der Waals surface area contributed by atoms with Crippen LogP contribution in [0.25, 0.3) is 22.1 Å². The van der Waals surface area contributed by atoms with E-state index in [4.69, 9.17) is 23.4 Å². The fraction of sp³-hybridized carbons (Fsp3) is 0.348. The Balaban J connectivity index is 1.42. The topological polar surface area (TPSA) is 148 Å². The summed E-state index contributed by atoms with van der Waals surface area (Å²) in [5.74, 6) is 1.37. The Labute approximate surface area is 187 Å². The van der Waals surface area contributed by atoms with Gasteiger partial charge in [0.05, 0.1) is 17.6 Å². The first kappa shape index (κ1) is 21.7. The molecule has 2 aliphatic heterocycles. The van der Waals surface area contributed by atoms with E-state index in [9.17, 15) is 25.2 Å². The van der Waals surface area contributed by atoms with Crippen LogP contribution in [0, 0.1) is 0 Å². The minimum absolute atomic E-state index is 0.196. The second-order valence-electron chi connectivity index (χ2n) is 7.81. The van der Waals surface area contributed by atoms with Crippen LogP contribution >= 0.6 is 0 Å². The summed E-state index contributed by atoms with van der Waals surface area (Å²) in [6, 6.07) is 9.68. The molecule has 10 heteroatoms. The second-order valence-corrected chi connectivity index (χ2v) is 7.81. The first-order valence-corrected chi connectivity index (χ1v) is 10.4. The molecule has 174 valence electrons. The van der Waals surface area contributed by atoms with E-state index in [1.807, 2.05) is 0 Å². The average Bonchev–Trinajstić information content (AvgIpc) is 2.84. The van der Waals surface area contributed by atoms with Crippen molar-refractivity contribution in [2.45, 2.75) is 30.7 Å². The van der Waals surface area contributed by atoms with Crippen molar-refractivity contribution in [3.63, 3.8) is 0 Å². The van der Waals surface area contributed by atoms with Gasteiger partial charge in [-0.3, -0.25) is 4.79 Å². The van der Waals surface area contributed by atoms with E-state index in [2.05, 4.69) is 0 Å². The zero-order valence-corrected chi connectivity index (χ0v) is 17.3. The van der Waals surface area contributed by atoms with Crippen molar-refractivity contribution in [1.82, 2.24) is 0 Å². The molecule has 0 spiro atoms. The Morgan fingerprint density at radius 2 is 1.73 bits per heavy atom. The molecule has 1 saturated heterocycles. The first-order chi connectivity index (χ1) is 16.0. The highest BCUT2D eigenvalue weighted by atomic mass is 16.7. The molecule has 0 saturated carbocycles. The predicted octanol–water partition coefficient (Wildman–Crippen LogP) is 0.410. The highest BCUT2D eigenvalue weighted by molar-refractivity contribution is 5.83. The number of hydrogen-bond acceptors (Lipinski definition) is 10. The summed E-state index contributed by atoms with van der Waals surface area (Å²) in [6.45, 7) is 0.331. The molecule has 3 heterocycles. The second kappa shape index (κ2) is 8.65. The lowest BCUT2D eigenvalue weighted by Gasteiger charge is -2.39. The molecule has 10 nitrogen and oxygen atoms in total. The van der Waals surface area contributed by atoms with Gasteiger partial charge in [-0.2, -0.15) is 0 Å². The van der Waals surface area contributed by atoms with Gasteiger partial charge in [0.25, 0.3) is 0 Å². The van der Waals surface area contributed by atoms with Gasteiger partial charge in [-0.1, -0.05) is 6.07 Å². The van der Waals surface area contributed by atoms with Gasteiger partial charge in [0, 0.05) is 6.07 Å². The highest BCUT2D eigenvalue weighted by Gasteiger charge is 2.44. The SMILES string of the molecule is O=c1c(-c2ccc3c(c2)OCCO3)coc2cc(O[C@@H]3O[C@H](CO)[C@H](O)[C@@H](O)[C@@H]3O)ccc12. The van der Waals surface area contributed by atoms with E-state index < -0.39 is 37.3 Å². The summed E-state index contributed by atoms with van der Waals surface area (Å²) in [5.41, 5.74) is 0.953. The van der Waals surface area contributed by atoms with Gasteiger partial charge in [0.2, 0.25) is 6.29 Å². The Bertz CT molecular complexity index is 1220. The Hall–Kier alpha value is -3.15. The smallest absolute Gasteiger partial charge is 0.229 e. The summed E-state index contributed by atoms with van der Waals surface area (Å²) in [7, 11) is 0. The molecule has 4 N–H and O–H groups in total. The third kappa shape index (κ3) is 3.92. The van der Waals surface area contributed by atoms with Gasteiger partial charge in [-0.05, 0) is 29.8 Å². The average molecular weight is 458 g/mol. The number of benzene rings is 2. The number of rotatable bonds is 4. The van der Waals surface area contributed by atoms with Crippen LogP contribution in [0.15, 0.2) is 51.9 Å². The predicted molar refractivity (Wildman–Crippen MR) is 113 cm³/mol. The molecule has 0 amide bonds. The monoisotopic (exact) mass is 458 g/mol. The normalized spacial score (nSPS) is 26.8. The fourth-order valence-corrected chi connectivity index (χ4v) is 3.89. The van der Waals surface area contributed by atoms with Crippen LogP contribution in [0.5, 0.6) is 17.2 Å². The van der Waals surface area contributed by atoms with E-state index in [1.54, 1.807) is 18.2 Å². The number of aliphatic hydroxyl groups is 4. The fourth-order valence-electron chi connectivity index (χ4n) is 3.89. The lowest BCUT2D eigenvalue weighted by atomic mass is 9.99. The van der Waals surface area contributed by atoms with Crippen LogP contribution in [0.1, 0.15) is 0 Å². The molecule has 3 aromatic rings.